The van der Waals surface area contributed by atoms with Crippen molar-refractivity contribution in [3.8, 4) is 0 Å². The molecule has 2 amide bonds. The van der Waals surface area contributed by atoms with Crippen LogP contribution in [0.15, 0.2) is 42.6 Å². The molecule has 0 radical (unpaired) electrons. The predicted molar refractivity (Wildman–Crippen MR) is 101 cm³/mol. The maximum absolute atomic E-state index is 13.1. The van der Waals surface area contributed by atoms with E-state index in [1.54, 1.807) is 0 Å². The highest BCUT2D eigenvalue weighted by molar-refractivity contribution is 5.89. The lowest BCUT2D eigenvalue weighted by molar-refractivity contribution is -0.137. The summed E-state index contributed by atoms with van der Waals surface area (Å²) in [6.07, 6.45) is 4.48. The first kappa shape index (κ1) is 18.5. The molecule has 1 aromatic rings. The van der Waals surface area contributed by atoms with Gasteiger partial charge in [-0.1, -0.05) is 36.9 Å². The molecule has 2 saturated heterocycles. The Kier molecular flexibility index (Phi) is 5.93. The standard InChI is InChI=1S/C20H28N4O2/c1-14(22-13-15-6-3-2-4-7-15)18-11-10-16-8-5-9-17(20(26)24(16)18)23-19(25)12-21/h2-4,6-7,16-18,22H,1,5,8-13,21H2,(H,23,25)/t16?,17-,18-/m0/s1. The van der Waals surface area contributed by atoms with Gasteiger partial charge in [-0.3, -0.25) is 9.59 Å². The van der Waals surface area contributed by atoms with E-state index in [9.17, 15) is 9.59 Å². The minimum absolute atomic E-state index is 0.000499. The average Bonchev–Trinajstić information content (AvgIpc) is 3.03. The Bertz CT molecular complexity index is 661. The molecule has 1 unspecified atom stereocenters. The predicted octanol–water partition coefficient (Wildman–Crippen LogP) is 1.28. The van der Waals surface area contributed by atoms with Gasteiger partial charge in [0.2, 0.25) is 11.8 Å². The van der Waals surface area contributed by atoms with E-state index in [2.05, 4.69) is 29.3 Å². The largest absolute Gasteiger partial charge is 0.383 e. The van der Waals surface area contributed by atoms with Crippen LogP contribution in [0.25, 0.3) is 0 Å². The van der Waals surface area contributed by atoms with Crippen molar-refractivity contribution < 1.29 is 9.59 Å². The lowest BCUT2D eigenvalue weighted by Gasteiger charge is -2.32. The van der Waals surface area contributed by atoms with Crippen LogP contribution >= 0.6 is 0 Å². The topological polar surface area (TPSA) is 87.5 Å². The number of nitrogens with zero attached hydrogens (tertiary/aromatic N) is 1. The smallest absolute Gasteiger partial charge is 0.245 e. The van der Waals surface area contributed by atoms with E-state index >= 15 is 0 Å². The summed E-state index contributed by atoms with van der Waals surface area (Å²) in [6, 6.07) is 9.88. The van der Waals surface area contributed by atoms with Gasteiger partial charge in [0, 0.05) is 18.3 Å². The number of rotatable bonds is 6. The zero-order valence-corrected chi connectivity index (χ0v) is 15.1. The summed E-state index contributed by atoms with van der Waals surface area (Å²) < 4.78 is 0. The molecule has 2 aliphatic heterocycles. The zero-order valence-electron chi connectivity index (χ0n) is 15.1. The fourth-order valence-corrected chi connectivity index (χ4v) is 4.02. The molecule has 0 bridgehead atoms. The molecule has 2 heterocycles. The Morgan fingerprint density at radius 3 is 2.69 bits per heavy atom. The van der Waals surface area contributed by atoms with E-state index in [4.69, 9.17) is 5.73 Å². The van der Waals surface area contributed by atoms with Crippen molar-refractivity contribution in [3.05, 3.63) is 48.2 Å². The van der Waals surface area contributed by atoms with Crippen LogP contribution in [0.2, 0.25) is 0 Å². The van der Waals surface area contributed by atoms with Crippen LogP contribution in [0.3, 0.4) is 0 Å². The molecule has 0 aliphatic carbocycles. The quantitative estimate of drug-likeness (QED) is 0.716. The Morgan fingerprint density at radius 1 is 1.19 bits per heavy atom. The number of benzene rings is 1. The number of carbonyl (C=O) groups is 2. The Labute approximate surface area is 154 Å². The van der Waals surface area contributed by atoms with Crippen LogP contribution in [0, 0.1) is 0 Å². The van der Waals surface area contributed by atoms with Crippen molar-refractivity contribution in [1.29, 1.82) is 0 Å². The summed E-state index contributed by atoms with van der Waals surface area (Å²) >= 11 is 0. The van der Waals surface area contributed by atoms with Gasteiger partial charge in [0.1, 0.15) is 6.04 Å². The summed E-state index contributed by atoms with van der Waals surface area (Å²) in [7, 11) is 0. The second-order valence-corrected chi connectivity index (χ2v) is 7.11. The SMILES string of the molecule is C=C(NCc1ccccc1)[C@@H]1CCC2CCC[C@H](NC(=O)CN)C(=O)N21. The number of carbonyl (C=O) groups excluding carboxylic acids is 2. The van der Waals surface area contributed by atoms with Crippen LogP contribution in [0.1, 0.15) is 37.7 Å². The minimum Gasteiger partial charge on any atom is -0.383 e. The van der Waals surface area contributed by atoms with Gasteiger partial charge in [-0.2, -0.15) is 0 Å². The van der Waals surface area contributed by atoms with Crippen molar-refractivity contribution in [2.75, 3.05) is 6.54 Å². The van der Waals surface area contributed by atoms with Crippen molar-refractivity contribution in [2.24, 2.45) is 5.73 Å². The first-order valence-corrected chi connectivity index (χ1v) is 9.38. The number of fused-ring (bicyclic) bond motifs is 1. The van der Waals surface area contributed by atoms with Gasteiger partial charge in [0.25, 0.3) is 0 Å². The Hall–Kier alpha value is -2.34. The van der Waals surface area contributed by atoms with E-state index in [0.29, 0.717) is 13.0 Å². The molecular formula is C20H28N4O2. The fraction of sp³-hybridized carbons (Fsp3) is 0.500. The molecule has 6 heteroatoms. The molecule has 2 aliphatic rings. The van der Waals surface area contributed by atoms with Crippen LogP contribution in [0.4, 0.5) is 0 Å². The molecule has 3 atom stereocenters. The summed E-state index contributed by atoms with van der Waals surface area (Å²) in [4.78, 5) is 26.7. The molecule has 0 spiro atoms. The van der Waals surface area contributed by atoms with Crippen molar-refractivity contribution in [1.82, 2.24) is 15.5 Å². The summed E-state index contributed by atoms with van der Waals surface area (Å²) in [5, 5.41) is 6.17. The molecule has 0 aromatic heterocycles. The fourth-order valence-electron chi connectivity index (χ4n) is 4.02. The van der Waals surface area contributed by atoms with E-state index < -0.39 is 6.04 Å². The van der Waals surface area contributed by atoms with Crippen LogP contribution in [-0.4, -0.2) is 41.4 Å². The normalized spacial score (nSPS) is 25.3. The van der Waals surface area contributed by atoms with Gasteiger partial charge in [-0.15, -0.1) is 0 Å². The molecular weight excluding hydrogens is 328 g/mol. The highest BCUT2D eigenvalue weighted by Gasteiger charge is 2.42. The van der Waals surface area contributed by atoms with Gasteiger partial charge in [0.05, 0.1) is 12.6 Å². The van der Waals surface area contributed by atoms with Crippen LogP contribution in [0.5, 0.6) is 0 Å². The molecule has 3 rings (SSSR count). The lowest BCUT2D eigenvalue weighted by Crippen LogP contribution is -2.52. The Balaban J connectivity index is 1.67. The molecule has 26 heavy (non-hydrogen) atoms. The van der Waals surface area contributed by atoms with Gasteiger partial charge in [-0.05, 0) is 37.7 Å². The summed E-state index contributed by atoms with van der Waals surface area (Å²) in [6.45, 7) is 4.79. The maximum Gasteiger partial charge on any atom is 0.245 e. The van der Waals surface area contributed by atoms with E-state index in [1.807, 2.05) is 23.1 Å². The summed E-state index contributed by atoms with van der Waals surface area (Å²) in [5.41, 5.74) is 7.44. The van der Waals surface area contributed by atoms with Crippen molar-refractivity contribution >= 4 is 11.8 Å². The molecule has 140 valence electrons. The van der Waals surface area contributed by atoms with Gasteiger partial charge in [0.15, 0.2) is 0 Å². The number of nitrogens with two attached hydrogens (primary N) is 1. The van der Waals surface area contributed by atoms with Gasteiger partial charge < -0.3 is 21.3 Å². The first-order chi connectivity index (χ1) is 12.6. The average molecular weight is 356 g/mol. The lowest BCUT2D eigenvalue weighted by atomic mass is 10.1. The zero-order chi connectivity index (χ0) is 18.5. The van der Waals surface area contributed by atoms with E-state index in [-0.39, 0.29) is 30.4 Å². The Morgan fingerprint density at radius 2 is 1.96 bits per heavy atom. The molecule has 2 fully saturated rings. The second kappa shape index (κ2) is 8.36. The highest BCUT2D eigenvalue weighted by Crippen LogP contribution is 2.34. The van der Waals surface area contributed by atoms with E-state index in [1.165, 1.54) is 5.56 Å². The highest BCUT2D eigenvalue weighted by atomic mass is 16.2. The molecule has 1 aromatic carbocycles. The van der Waals surface area contributed by atoms with Gasteiger partial charge >= 0.3 is 0 Å². The molecule has 0 saturated carbocycles. The number of nitrogens with one attached hydrogen (secondary N) is 2. The molecule has 4 N–H and O–H groups in total. The summed E-state index contributed by atoms with van der Waals surface area (Å²) in [5.74, 6) is -0.280. The number of hydrogen-bond donors (Lipinski definition) is 3. The third-order valence-electron chi connectivity index (χ3n) is 5.37. The minimum atomic E-state index is -0.474. The van der Waals surface area contributed by atoms with Crippen molar-refractivity contribution in [3.63, 3.8) is 0 Å². The van der Waals surface area contributed by atoms with Crippen molar-refractivity contribution in [2.45, 2.75) is 56.8 Å². The third-order valence-corrected chi connectivity index (χ3v) is 5.37. The second-order valence-electron chi connectivity index (χ2n) is 7.11. The number of hydrogen-bond acceptors (Lipinski definition) is 4. The van der Waals surface area contributed by atoms with Crippen LogP contribution in [-0.2, 0) is 16.1 Å². The van der Waals surface area contributed by atoms with E-state index in [0.717, 1.165) is 31.4 Å². The van der Waals surface area contributed by atoms with Crippen LogP contribution < -0.4 is 16.4 Å². The van der Waals surface area contributed by atoms with Gasteiger partial charge in [-0.25, -0.2) is 0 Å². The monoisotopic (exact) mass is 356 g/mol. The third kappa shape index (κ3) is 4.07. The first-order valence-electron chi connectivity index (χ1n) is 9.38. The maximum atomic E-state index is 13.1. The number of amides is 2. The molecule has 6 nitrogen and oxygen atoms in total.